The molecule has 190 valence electrons. The number of rotatable bonds is 7. The number of halogens is 3. The van der Waals surface area contributed by atoms with Crippen molar-refractivity contribution < 1.29 is 22.4 Å². The Balaban J connectivity index is 1.65. The maximum atomic E-state index is 15.2. The van der Waals surface area contributed by atoms with Crippen molar-refractivity contribution in [3.63, 3.8) is 0 Å². The Morgan fingerprint density at radius 3 is 2.56 bits per heavy atom. The number of hydrogen-bond donors (Lipinski definition) is 2. The van der Waals surface area contributed by atoms with Crippen molar-refractivity contribution >= 4 is 23.6 Å². The van der Waals surface area contributed by atoms with Crippen LogP contribution in [0.2, 0.25) is 0 Å². The van der Waals surface area contributed by atoms with Gasteiger partial charge in [-0.3, -0.25) is 4.90 Å². The van der Waals surface area contributed by atoms with Crippen LogP contribution in [-0.4, -0.2) is 72.5 Å². The van der Waals surface area contributed by atoms with Crippen LogP contribution in [0.15, 0.2) is 40.8 Å². The summed E-state index contributed by atoms with van der Waals surface area (Å²) in [6, 6.07) is 8.97. The first-order valence-corrected chi connectivity index (χ1v) is 11.3. The zero-order chi connectivity index (χ0) is 25.8. The third-order valence-electron chi connectivity index (χ3n) is 6.03. The number of urea groups is 1. The molecule has 0 spiro atoms. The van der Waals surface area contributed by atoms with E-state index in [9.17, 15) is 13.6 Å². The smallest absolute Gasteiger partial charge is 0.324 e. The zero-order valence-corrected chi connectivity index (χ0v) is 19.8. The number of alkyl halides is 2. The van der Waals surface area contributed by atoms with E-state index in [-0.39, 0.29) is 29.6 Å². The van der Waals surface area contributed by atoms with Crippen molar-refractivity contribution in [3.8, 4) is 11.5 Å². The molecule has 9 nitrogen and oxygen atoms in total. The van der Waals surface area contributed by atoms with Gasteiger partial charge in [-0.15, -0.1) is 10.2 Å². The van der Waals surface area contributed by atoms with Crippen LogP contribution in [0, 0.1) is 11.2 Å². The molecule has 0 unspecified atom stereocenters. The Kier molecular flexibility index (Phi) is 7.53. The number of amides is 2. The van der Waals surface area contributed by atoms with Gasteiger partial charge in [0.25, 0.3) is 5.89 Å². The lowest BCUT2D eigenvalue weighted by Crippen LogP contribution is -2.52. The van der Waals surface area contributed by atoms with Gasteiger partial charge in [-0.05, 0) is 37.4 Å². The molecule has 36 heavy (non-hydrogen) atoms. The molecule has 0 radical (unpaired) electrons. The topological polar surface area (TPSA) is 102 Å². The van der Waals surface area contributed by atoms with E-state index in [4.69, 9.17) is 9.83 Å². The Morgan fingerprint density at radius 2 is 1.94 bits per heavy atom. The van der Waals surface area contributed by atoms with Crippen molar-refractivity contribution in [2.24, 2.45) is 0 Å². The number of carbonyl (C=O) groups is 1. The molecule has 1 aliphatic heterocycles. The molecule has 0 atom stereocenters. The largest absolute Gasteiger partial charge is 0.415 e. The molecule has 1 fully saturated rings. The summed E-state index contributed by atoms with van der Waals surface area (Å²) in [4.78, 5) is 18.9. The standard InChI is InChI=1S/C24H26F3N7O2/c1-29-20-12-18(6-5-16(20)13-28)34(24(35)33-9-7-32(2)8-10-33)14-17-4-3-15(11-19(17)25)22-30-31-23(36-22)21(26)27/h3-6,11-13,21,28-29H,7-10,14H2,1-2H3. The normalized spacial score (nSPS) is 14.2. The van der Waals surface area contributed by atoms with Gasteiger partial charge in [-0.2, -0.15) is 8.78 Å². The van der Waals surface area contributed by atoms with Crippen molar-refractivity contribution in [3.05, 3.63) is 59.2 Å². The van der Waals surface area contributed by atoms with E-state index in [0.29, 0.717) is 30.0 Å². The van der Waals surface area contributed by atoms with E-state index in [1.807, 2.05) is 7.05 Å². The van der Waals surface area contributed by atoms with Crippen LogP contribution in [0.3, 0.4) is 0 Å². The summed E-state index contributed by atoms with van der Waals surface area (Å²) in [5.41, 5.74) is 2.21. The van der Waals surface area contributed by atoms with Gasteiger partial charge >= 0.3 is 12.5 Å². The maximum Gasteiger partial charge on any atom is 0.324 e. The van der Waals surface area contributed by atoms with Crippen molar-refractivity contribution in [1.29, 1.82) is 5.41 Å². The fourth-order valence-electron chi connectivity index (χ4n) is 3.91. The molecular formula is C24H26F3N7O2. The van der Waals surface area contributed by atoms with Crippen LogP contribution >= 0.6 is 0 Å². The highest BCUT2D eigenvalue weighted by molar-refractivity contribution is 5.94. The van der Waals surface area contributed by atoms with Crippen LogP contribution in [0.25, 0.3) is 11.5 Å². The Bertz CT molecular complexity index is 1240. The first-order valence-electron chi connectivity index (χ1n) is 11.3. The third kappa shape index (κ3) is 5.33. The molecule has 0 aliphatic carbocycles. The summed E-state index contributed by atoms with van der Waals surface area (Å²) in [5.74, 6) is -1.71. The molecule has 4 rings (SSSR count). The highest BCUT2D eigenvalue weighted by Crippen LogP contribution is 2.28. The SMILES string of the molecule is CNc1cc(N(Cc2ccc(-c3nnc(C(F)F)o3)cc2F)C(=O)N2CCN(C)CC2)ccc1C=N. The monoisotopic (exact) mass is 501 g/mol. The lowest BCUT2D eigenvalue weighted by atomic mass is 10.1. The molecule has 0 saturated carbocycles. The van der Waals surface area contributed by atoms with Gasteiger partial charge in [-0.25, -0.2) is 9.18 Å². The van der Waals surface area contributed by atoms with Gasteiger partial charge < -0.3 is 24.9 Å². The van der Waals surface area contributed by atoms with Crippen molar-refractivity contribution in [1.82, 2.24) is 20.0 Å². The molecule has 2 N–H and O–H groups in total. The number of carbonyl (C=O) groups excluding carboxylic acids is 1. The van der Waals surface area contributed by atoms with Crippen LogP contribution in [0.4, 0.5) is 29.3 Å². The van der Waals surface area contributed by atoms with Gasteiger partial charge in [0, 0.05) is 67.5 Å². The van der Waals surface area contributed by atoms with Crippen LogP contribution in [0.5, 0.6) is 0 Å². The number of aromatic nitrogens is 2. The summed E-state index contributed by atoms with van der Waals surface area (Å²) in [7, 11) is 3.70. The summed E-state index contributed by atoms with van der Waals surface area (Å²) in [6.45, 7) is 2.45. The van der Waals surface area contributed by atoms with Gasteiger partial charge in [0.15, 0.2) is 0 Å². The van der Waals surface area contributed by atoms with E-state index in [1.165, 1.54) is 23.2 Å². The summed E-state index contributed by atoms with van der Waals surface area (Å²) in [5, 5.41) is 17.4. The second-order valence-electron chi connectivity index (χ2n) is 8.38. The highest BCUT2D eigenvalue weighted by atomic mass is 19.3. The Labute approximate surface area is 206 Å². The molecule has 1 aromatic heterocycles. The second-order valence-corrected chi connectivity index (χ2v) is 8.38. The highest BCUT2D eigenvalue weighted by Gasteiger charge is 2.27. The average Bonchev–Trinajstić information content (AvgIpc) is 3.38. The predicted octanol–water partition coefficient (Wildman–Crippen LogP) is 4.23. The van der Waals surface area contributed by atoms with E-state index < -0.39 is 18.1 Å². The Morgan fingerprint density at radius 1 is 1.19 bits per heavy atom. The third-order valence-corrected chi connectivity index (χ3v) is 6.03. The summed E-state index contributed by atoms with van der Waals surface area (Å²) >= 11 is 0. The van der Waals surface area contributed by atoms with Gasteiger partial charge in [-0.1, -0.05) is 6.07 Å². The number of nitrogens with one attached hydrogen (secondary N) is 2. The molecule has 12 heteroatoms. The zero-order valence-electron chi connectivity index (χ0n) is 19.8. The maximum absolute atomic E-state index is 15.2. The Hall–Kier alpha value is -3.93. The summed E-state index contributed by atoms with van der Waals surface area (Å²) in [6.07, 6.45) is -1.72. The molecule has 1 aliphatic rings. The molecule has 2 aromatic carbocycles. The van der Waals surface area contributed by atoms with Gasteiger partial charge in [0.05, 0.1) is 6.54 Å². The fourth-order valence-corrected chi connectivity index (χ4v) is 3.91. The number of likely N-dealkylation sites (N-methyl/N-ethyl adjacent to an activating group) is 1. The summed E-state index contributed by atoms with van der Waals surface area (Å²) < 4.78 is 45.6. The van der Waals surface area contributed by atoms with Crippen LogP contribution in [-0.2, 0) is 6.54 Å². The van der Waals surface area contributed by atoms with E-state index in [0.717, 1.165) is 19.2 Å². The van der Waals surface area contributed by atoms with E-state index >= 15 is 4.39 Å². The number of benzene rings is 2. The molecular weight excluding hydrogens is 475 g/mol. The molecule has 1 saturated heterocycles. The lowest BCUT2D eigenvalue weighted by Gasteiger charge is -2.36. The van der Waals surface area contributed by atoms with E-state index in [1.54, 1.807) is 30.1 Å². The average molecular weight is 502 g/mol. The second kappa shape index (κ2) is 10.8. The minimum absolute atomic E-state index is 0.0729. The first-order chi connectivity index (χ1) is 17.3. The fraction of sp³-hybridized carbons (Fsp3) is 0.333. The predicted molar refractivity (Wildman–Crippen MR) is 129 cm³/mol. The number of nitrogens with zero attached hydrogens (tertiary/aromatic N) is 5. The number of piperazine rings is 1. The number of hydrogen-bond acceptors (Lipinski definition) is 7. The molecule has 3 aromatic rings. The van der Waals surface area contributed by atoms with Gasteiger partial charge in [0.1, 0.15) is 5.82 Å². The van der Waals surface area contributed by atoms with Crippen LogP contribution in [0.1, 0.15) is 23.4 Å². The molecule has 0 bridgehead atoms. The molecule has 2 amide bonds. The van der Waals surface area contributed by atoms with Crippen molar-refractivity contribution in [2.75, 3.05) is 50.5 Å². The van der Waals surface area contributed by atoms with Crippen molar-refractivity contribution in [2.45, 2.75) is 13.0 Å². The van der Waals surface area contributed by atoms with Gasteiger partial charge in [0.2, 0.25) is 5.89 Å². The lowest BCUT2D eigenvalue weighted by molar-refractivity contribution is 0.116. The first kappa shape index (κ1) is 25.2. The molecule has 2 heterocycles. The minimum atomic E-state index is -2.92. The quantitative estimate of drug-likeness (QED) is 0.470. The van der Waals surface area contributed by atoms with E-state index in [2.05, 4.69) is 20.4 Å². The van der Waals surface area contributed by atoms with Crippen LogP contribution < -0.4 is 10.2 Å². The minimum Gasteiger partial charge on any atom is -0.415 e. The number of anilines is 2.